The molecule has 0 unspecified atom stereocenters. The SMILES string of the molecule is C=C(CC)OOCC. The molecule has 0 rings (SSSR count). The van der Waals surface area contributed by atoms with Crippen molar-refractivity contribution in [2.45, 2.75) is 20.3 Å². The number of hydrogen-bond donors (Lipinski definition) is 0. The van der Waals surface area contributed by atoms with Crippen molar-refractivity contribution in [3.8, 4) is 0 Å². The van der Waals surface area contributed by atoms with Crippen molar-refractivity contribution in [2.75, 3.05) is 6.61 Å². The van der Waals surface area contributed by atoms with Gasteiger partial charge in [0.05, 0.1) is 6.61 Å². The maximum atomic E-state index is 4.65. The van der Waals surface area contributed by atoms with Crippen LogP contribution in [0.1, 0.15) is 20.3 Å². The molecule has 0 aromatic rings. The Hall–Kier alpha value is -0.500. The Morgan fingerprint density at radius 2 is 2.12 bits per heavy atom. The van der Waals surface area contributed by atoms with Crippen molar-refractivity contribution in [3.05, 3.63) is 12.3 Å². The summed E-state index contributed by atoms with van der Waals surface area (Å²) in [6.45, 7) is 7.96. The first kappa shape index (κ1) is 7.50. The first-order chi connectivity index (χ1) is 3.81. The van der Waals surface area contributed by atoms with Crippen LogP contribution in [0.3, 0.4) is 0 Å². The summed E-state index contributed by atoms with van der Waals surface area (Å²) in [7, 11) is 0. The predicted molar refractivity (Wildman–Crippen MR) is 32.1 cm³/mol. The lowest BCUT2D eigenvalue weighted by Gasteiger charge is -2.01. The fourth-order valence-electron chi connectivity index (χ4n) is 0.201. The average Bonchev–Trinajstić information content (AvgIpc) is 1.83. The van der Waals surface area contributed by atoms with E-state index in [1.165, 1.54) is 0 Å². The van der Waals surface area contributed by atoms with Gasteiger partial charge in [0.2, 0.25) is 0 Å². The van der Waals surface area contributed by atoms with Crippen molar-refractivity contribution in [2.24, 2.45) is 0 Å². The Labute approximate surface area is 50.0 Å². The number of rotatable bonds is 4. The minimum absolute atomic E-state index is 0.568. The summed E-state index contributed by atoms with van der Waals surface area (Å²) < 4.78 is 0. The van der Waals surface area contributed by atoms with Crippen LogP contribution in [0.25, 0.3) is 0 Å². The monoisotopic (exact) mass is 116 g/mol. The molecule has 0 saturated heterocycles. The van der Waals surface area contributed by atoms with Gasteiger partial charge in [-0.2, -0.15) is 4.89 Å². The van der Waals surface area contributed by atoms with Crippen LogP contribution in [0, 0.1) is 0 Å². The maximum Gasteiger partial charge on any atom is 0.135 e. The van der Waals surface area contributed by atoms with E-state index >= 15 is 0 Å². The van der Waals surface area contributed by atoms with E-state index < -0.39 is 0 Å². The third-order valence-electron chi connectivity index (χ3n) is 0.689. The first-order valence-corrected chi connectivity index (χ1v) is 2.78. The van der Waals surface area contributed by atoms with Gasteiger partial charge in [-0.25, -0.2) is 0 Å². The van der Waals surface area contributed by atoms with Crippen molar-refractivity contribution in [1.82, 2.24) is 0 Å². The van der Waals surface area contributed by atoms with Gasteiger partial charge < -0.3 is 4.89 Å². The minimum Gasteiger partial charge on any atom is -0.343 e. The second-order valence-electron chi connectivity index (χ2n) is 1.38. The molecule has 0 saturated carbocycles. The molecule has 2 heteroatoms. The van der Waals surface area contributed by atoms with E-state index in [0.29, 0.717) is 12.4 Å². The highest BCUT2D eigenvalue weighted by Crippen LogP contribution is 1.97. The minimum atomic E-state index is 0.568. The molecule has 0 amide bonds. The molecule has 0 bridgehead atoms. The number of allylic oxidation sites excluding steroid dienone is 1. The van der Waals surface area contributed by atoms with Gasteiger partial charge in [-0.05, 0) is 6.92 Å². The van der Waals surface area contributed by atoms with Gasteiger partial charge in [-0.3, -0.25) is 0 Å². The van der Waals surface area contributed by atoms with Crippen LogP contribution in [0.2, 0.25) is 0 Å². The molecule has 0 aromatic carbocycles. The lowest BCUT2D eigenvalue weighted by Crippen LogP contribution is -1.90. The molecule has 8 heavy (non-hydrogen) atoms. The summed E-state index contributed by atoms with van der Waals surface area (Å²) >= 11 is 0. The summed E-state index contributed by atoms with van der Waals surface area (Å²) in [6, 6.07) is 0. The van der Waals surface area contributed by atoms with E-state index in [4.69, 9.17) is 0 Å². The van der Waals surface area contributed by atoms with Crippen molar-refractivity contribution in [1.29, 1.82) is 0 Å². The smallest absolute Gasteiger partial charge is 0.135 e. The van der Waals surface area contributed by atoms with Crippen LogP contribution in [0.5, 0.6) is 0 Å². The van der Waals surface area contributed by atoms with E-state index in [-0.39, 0.29) is 0 Å². The second kappa shape index (κ2) is 4.65. The molecule has 0 N–H and O–H groups in total. The topological polar surface area (TPSA) is 18.5 Å². The summed E-state index contributed by atoms with van der Waals surface area (Å²) in [4.78, 5) is 9.23. The van der Waals surface area contributed by atoms with Crippen LogP contribution >= 0.6 is 0 Å². The molecule has 48 valence electrons. The Bertz CT molecular complexity index is 68.9. The third-order valence-corrected chi connectivity index (χ3v) is 0.689. The Morgan fingerprint density at radius 3 is 2.50 bits per heavy atom. The van der Waals surface area contributed by atoms with Crippen molar-refractivity contribution >= 4 is 0 Å². The van der Waals surface area contributed by atoms with Gasteiger partial charge in [0.15, 0.2) is 0 Å². The average molecular weight is 116 g/mol. The Balaban J connectivity index is 2.99. The zero-order valence-electron chi connectivity index (χ0n) is 5.44. The summed E-state index contributed by atoms with van der Waals surface area (Å²) in [6.07, 6.45) is 0.806. The molecule has 0 aliphatic carbocycles. The van der Waals surface area contributed by atoms with Gasteiger partial charge in [0, 0.05) is 6.42 Å². The molecule has 0 radical (unpaired) electrons. The molecule has 0 heterocycles. The standard InChI is InChI=1S/C6H12O2/c1-4-6(3)8-7-5-2/h3-5H2,1-2H3. The fraction of sp³-hybridized carbons (Fsp3) is 0.667. The summed E-state index contributed by atoms with van der Waals surface area (Å²) in [5.74, 6) is 0.673. The third kappa shape index (κ3) is 3.68. The van der Waals surface area contributed by atoms with Crippen LogP contribution in [-0.4, -0.2) is 6.61 Å². The molecule has 0 aromatic heterocycles. The first-order valence-electron chi connectivity index (χ1n) is 2.78. The molecule has 0 aliphatic heterocycles. The largest absolute Gasteiger partial charge is 0.343 e. The van der Waals surface area contributed by atoms with E-state index in [9.17, 15) is 0 Å². The highest BCUT2D eigenvalue weighted by Gasteiger charge is 1.86. The quantitative estimate of drug-likeness (QED) is 0.317. The van der Waals surface area contributed by atoms with Crippen molar-refractivity contribution in [3.63, 3.8) is 0 Å². The molecular formula is C6H12O2. The van der Waals surface area contributed by atoms with Crippen LogP contribution in [0.4, 0.5) is 0 Å². The molecule has 0 fully saturated rings. The normalized spacial score (nSPS) is 8.75. The lowest BCUT2D eigenvalue weighted by atomic mass is 10.4. The molecule has 0 aliphatic rings. The van der Waals surface area contributed by atoms with Gasteiger partial charge in [-0.1, -0.05) is 13.5 Å². The van der Waals surface area contributed by atoms with Gasteiger partial charge in [0.25, 0.3) is 0 Å². The van der Waals surface area contributed by atoms with Crippen LogP contribution < -0.4 is 0 Å². The van der Waals surface area contributed by atoms with Gasteiger partial charge >= 0.3 is 0 Å². The van der Waals surface area contributed by atoms with Crippen molar-refractivity contribution < 1.29 is 9.78 Å². The lowest BCUT2D eigenvalue weighted by molar-refractivity contribution is -0.259. The van der Waals surface area contributed by atoms with Gasteiger partial charge in [0.1, 0.15) is 5.76 Å². The summed E-state index contributed by atoms with van der Waals surface area (Å²) in [5.41, 5.74) is 0. The summed E-state index contributed by atoms with van der Waals surface area (Å²) in [5, 5.41) is 0. The van der Waals surface area contributed by atoms with E-state index in [1.54, 1.807) is 0 Å². The van der Waals surface area contributed by atoms with Crippen LogP contribution in [-0.2, 0) is 9.78 Å². The van der Waals surface area contributed by atoms with E-state index in [1.807, 2.05) is 13.8 Å². The fourth-order valence-corrected chi connectivity index (χ4v) is 0.201. The Kier molecular flexibility index (Phi) is 4.36. The highest BCUT2D eigenvalue weighted by atomic mass is 17.2. The second-order valence-corrected chi connectivity index (χ2v) is 1.38. The highest BCUT2D eigenvalue weighted by molar-refractivity contribution is 4.76. The predicted octanol–water partition coefficient (Wildman–Crippen LogP) is 1.88. The van der Waals surface area contributed by atoms with Gasteiger partial charge in [-0.15, -0.1) is 0 Å². The zero-order valence-corrected chi connectivity index (χ0v) is 5.44. The van der Waals surface area contributed by atoms with E-state index in [0.717, 1.165) is 6.42 Å². The molecule has 2 nitrogen and oxygen atoms in total. The van der Waals surface area contributed by atoms with E-state index in [2.05, 4.69) is 16.4 Å². The number of hydrogen-bond acceptors (Lipinski definition) is 2. The Morgan fingerprint density at radius 1 is 1.50 bits per heavy atom. The zero-order chi connectivity index (χ0) is 6.41. The molecular weight excluding hydrogens is 104 g/mol. The maximum absolute atomic E-state index is 4.65. The van der Waals surface area contributed by atoms with Crippen LogP contribution in [0.15, 0.2) is 12.3 Å². The molecule has 0 atom stereocenters. The molecule has 0 spiro atoms.